The van der Waals surface area contributed by atoms with E-state index in [0.29, 0.717) is 0 Å². The molecule has 100 valence electrons. The number of halogens is 2. The van der Waals surface area contributed by atoms with Crippen LogP contribution in [0.5, 0.6) is 5.75 Å². The lowest BCUT2D eigenvalue weighted by Crippen LogP contribution is -2.29. The van der Waals surface area contributed by atoms with E-state index in [9.17, 15) is 4.39 Å². The molecule has 2 aromatic rings. The SMILES string of the molecule is CC(N)C(Oc1cccc(Cl)c1F)c1cccnc1. The summed E-state index contributed by atoms with van der Waals surface area (Å²) in [5, 5.41) is 0.0205. The average Bonchev–Trinajstić information content (AvgIpc) is 2.41. The highest BCUT2D eigenvalue weighted by molar-refractivity contribution is 6.30. The maximum Gasteiger partial charge on any atom is 0.183 e. The van der Waals surface area contributed by atoms with Gasteiger partial charge in [0.05, 0.1) is 5.02 Å². The van der Waals surface area contributed by atoms with Crippen molar-refractivity contribution in [3.63, 3.8) is 0 Å². The van der Waals surface area contributed by atoms with E-state index >= 15 is 0 Å². The molecule has 2 N–H and O–H groups in total. The molecule has 0 aliphatic heterocycles. The first-order chi connectivity index (χ1) is 9.09. The first-order valence-electron chi connectivity index (χ1n) is 5.85. The van der Waals surface area contributed by atoms with Gasteiger partial charge in [-0.3, -0.25) is 4.98 Å². The molecule has 2 atom stereocenters. The summed E-state index contributed by atoms with van der Waals surface area (Å²) < 4.78 is 19.5. The molecule has 19 heavy (non-hydrogen) atoms. The first kappa shape index (κ1) is 13.8. The van der Waals surface area contributed by atoms with E-state index in [1.165, 1.54) is 12.1 Å². The maximum atomic E-state index is 13.8. The Labute approximate surface area is 116 Å². The van der Waals surface area contributed by atoms with E-state index in [-0.39, 0.29) is 16.8 Å². The molecular weight excluding hydrogens is 267 g/mol. The fourth-order valence-electron chi connectivity index (χ4n) is 1.74. The fourth-order valence-corrected chi connectivity index (χ4v) is 1.90. The minimum Gasteiger partial charge on any atom is -0.481 e. The Hall–Kier alpha value is -1.65. The van der Waals surface area contributed by atoms with Crippen LogP contribution in [-0.4, -0.2) is 11.0 Å². The molecule has 0 saturated heterocycles. The highest BCUT2D eigenvalue weighted by Crippen LogP contribution is 2.29. The molecule has 2 rings (SSSR count). The largest absolute Gasteiger partial charge is 0.481 e. The van der Waals surface area contributed by atoms with Gasteiger partial charge < -0.3 is 10.5 Å². The van der Waals surface area contributed by atoms with E-state index < -0.39 is 11.9 Å². The van der Waals surface area contributed by atoms with Crippen LogP contribution in [0.1, 0.15) is 18.6 Å². The van der Waals surface area contributed by atoms with Gasteiger partial charge in [0, 0.05) is 24.0 Å². The minimum atomic E-state index is -0.585. The molecule has 0 radical (unpaired) electrons. The number of ether oxygens (including phenoxy) is 1. The van der Waals surface area contributed by atoms with Crippen molar-refractivity contribution in [1.82, 2.24) is 4.98 Å². The summed E-state index contributed by atoms with van der Waals surface area (Å²) in [5.41, 5.74) is 6.69. The summed E-state index contributed by atoms with van der Waals surface area (Å²) in [6.07, 6.45) is 2.82. The second-order valence-corrected chi connectivity index (χ2v) is 4.64. The lowest BCUT2D eigenvalue weighted by molar-refractivity contribution is 0.172. The summed E-state index contributed by atoms with van der Waals surface area (Å²) in [4.78, 5) is 4.01. The Balaban J connectivity index is 2.30. The molecule has 1 aromatic carbocycles. The van der Waals surface area contributed by atoms with Gasteiger partial charge in [0.15, 0.2) is 11.6 Å². The van der Waals surface area contributed by atoms with Gasteiger partial charge >= 0.3 is 0 Å². The van der Waals surface area contributed by atoms with Gasteiger partial charge in [-0.1, -0.05) is 23.7 Å². The smallest absolute Gasteiger partial charge is 0.183 e. The van der Waals surface area contributed by atoms with Crippen LogP contribution in [0.3, 0.4) is 0 Å². The Morgan fingerprint density at radius 1 is 1.32 bits per heavy atom. The highest BCUT2D eigenvalue weighted by Gasteiger charge is 2.20. The molecule has 3 nitrogen and oxygen atoms in total. The number of nitrogens with two attached hydrogens (primary N) is 1. The van der Waals surface area contributed by atoms with Crippen LogP contribution in [0.2, 0.25) is 5.02 Å². The minimum absolute atomic E-state index is 0.0205. The molecule has 0 spiro atoms. The Bertz CT molecular complexity index is 548. The number of benzene rings is 1. The lowest BCUT2D eigenvalue weighted by Gasteiger charge is -2.23. The highest BCUT2D eigenvalue weighted by atomic mass is 35.5. The van der Waals surface area contributed by atoms with Gasteiger partial charge in [0.1, 0.15) is 6.10 Å². The molecule has 0 saturated carbocycles. The van der Waals surface area contributed by atoms with Crippen LogP contribution in [0, 0.1) is 5.82 Å². The van der Waals surface area contributed by atoms with E-state index in [2.05, 4.69) is 4.98 Å². The van der Waals surface area contributed by atoms with Crippen molar-refractivity contribution in [1.29, 1.82) is 0 Å². The van der Waals surface area contributed by atoms with Gasteiger partial charge in [0.25, 0.3) is 0 Å². The number of hydrogen-bond acceptors (Lipinski definition) is 3. The van der Waals surface area contributed by atoms with E-state index in [4.69, 9.17) is 22.1 Å². The molecule has 1 aromatic heterocycles. The zero-order chi connectivity index (χ0) is 13.8. The summed E-state index contributed by atoms with van der Waals surface area (Å²) in [6.45, 7) is 1.79. The van der Waals surface area contributed by atoms with Crippen molar-refractivity contribution in [2.75, 3.05) is 0 Å². The van der Waals surface area contributed by atoms with Crippen molar-refractivity contribution < 1.29 is 9.13 Å². The molecule has 0 bridgehead atoms. The van der Waals surface area contributed by atoms with Crippen LogP contribution >= 0.6 is 11.6 Å². The van der Waals surface area contributed by atoms with Gasteiger partial charge in [-0.15, -0.1) is 0 Å². The number of rotatable bonds is 4. The maximum absolute atomic E-state index is 13.8. The van der Waals surface area contributed by atoms with E-state index in [1.807, 2.05) is 6.07 Å². The molecule has 1 heterocycles. The molecule has 2 unspecified atom stereocenters. The third-order valence-corrected chi connectivity index (χ3v) is 2.95. The van der Waals surface area contributed by atoms with Crippen molar-refractivity contribution in [3.8, 4) is 5.75 Å². The fraction of sp³-hybridized carbons (Fsp3) is 0.214. The van der Waals surface area contributed by atoms with Crippen LogP contribution in [-0.2, 0) is 0 Å². The zero-order valence-electron chi connectivity index (χ0n) is 10.4. The van der Waals surface area contributed by atoms with Gasteiger partial charge in [-0.2, -0.15) is 0 Å². The van der Waals surface area contributed by atoms with Crippen LogP contribution in [0.15, 0.2) is 42.7 Å². The normalized spacial score (nSPS) is 13.9. The molecular formula is C14H14ClFN2O. The first-order valence-corrected chi connectivity index (χ1v) is 6.23. The quantitative estimate of drug-likeness (QED) is 0.934. The van der Waals surface area contributed by atoms with Gasteiger partial charge in [-0.05, 0) is 25.1 Å². The third kappa shape index (κ3) is 3.22. The van der Waals surface area contributed by atoms with Crippen LogP contribution in [0.4, 0.5) is 4.39 Å². The third-order valence-electron chi connectivity index (χ3n) is 2.66. The number of aromatic nitrogens is 1. The monoisotopic (exact) mass is 280 g/mol. The Morgan fingerprint density at radius 3 is 2.74 bits per heavy atom. The molecule has 0 aliphatic carbocycles. The number of hydrogen-bond donors (Lipinski definition) is 1. The average molecular weight is 281 g/mol. The summed E-state index contributed by atoms with van der Waals surface area (Å²) in [5.74, 6) is -0.502. The molecule has 0 aliphatic rings. The van der Waals surface area contributed by atoms with Gasteiger partial charge in [-0.25, -0.2) is 4.39 Å². The van der Waals surface area contributed by atoms with Crippen molar-refractivity contribution >= 4 is 11.6 Å². The van der Waals surface area contributed by atoms with Crippen LogP contribution in [0.25, 0.3) is 0 Å². The predicted octanol–water partition coefficient (Wildman–Crippen LogP) is 3.34. The number of pyridine rings is 1. The Kier molecular flexibility index (Phi) is 4.35. The molecule has 5 heteroatoms. The Morgan fingerprint density at radius 2 is 2.11 bits per heavy atom. The van der Waals surface area contributed by atoms with Gasteiger partial charge in [0.2, 0.25) is 0 Å². The molecule has 0 fully saturated rings. The van der Waals surface area contributed by atoms with E-state index in [1.54, 1.807) is 31.5 Å². The van der Waals surface area contributed by atoms with Crippen LogP contribution < -0.4 is 10.5 Å². The topological polar surface area (TPSA) is 48.1 Å². The summed E-state index contributed by atoms with van der Waals surface area (Å²) in [6, 6.07) is 7.91. The standard InChI is InChI=1S/C14H14ClFN2O/c1-9(17)14(10-4-3-7-18-8-10)19-12-6-2-5-11(15)13(12)16/h2-9,14H,17H2,1H3. The summed E-state index contributed by atoms with van der Waals surface area (Å²) in [7, 11) is 0. The molecule has 0 amide bonds. The second-order valence-electron chi connectivity index (χ2n) is 4.24. The van der Waals surface area contributed by atoms with Crippen molar-refractivity contribution in [3.05, 3.63) is 59.1 Å². The second kappa shape index (κ2) is 5.99. The predicted molar refractivity (Wildman–Crippen MR) is 72.7 cm³/mol. The lowest BCUT2D eigenvalue weighted by atomic mass is 10.1. The van der Waals surface area contributed by atoms with E-state index in [0.717, 1.165) is 5.56 Å². The number of nitrogens with zero attached hydrogens (tertiary/aromatic N) is 1. The summed E-state index contributed by atoms with van der Waals surface area (Å²) >= 11 is 5.72. The van der Waals surface area contributed by atoms with Crippen molar-refractivity contribution in [2.45, 2.75) is 19.1 Å². The zero-order valence-corrected chi connectivity index (χ0v) is 11.1. The van der Waals surface area contributed by atoms with Crippen molar-refractivity contribution in [2.24, 2.45) is 5.73 Å².